The van der Waals surface area contributed by atoms with Crippen molar-refractivity contribution in [3.05, 3.63) is 35.9 Å². The SMILES string of the molecule is Br.N[C@@H](Cc1ccccc1)C(=O)OCC(Cl)(Cl)Cl. The predicted molar refractivity (Wildman–Crippen MR) is 79.7 cm³/mol. The van der Waals surface area contributed by atoms with E-state index in [2.05, 4.69) is 0 Å². The van der Waals surface area contributed by atoms with E-state index in [-0.39, 0.29) is 23.6 Å². The highest BCUT2D eigenvalue weighted by atomic mass is 79.9. The second-order valence-corrected chi connectivity index (χ2v) is 6.04. The van der Waals surface area contributed by atoms with Gasteiger partial charge in [-0.1, -0.05) is 65.1 Å². The van der Waals surface area contributed by atoms with Gasteiger partial charge >= 0.3 is 5.97 Å². The molecule has 0 amide bonds. The number of carbonyl (C=O) groups is 1. The molecule has 0 aromatic heterocycles. The van der Waals surface area contributed by atoms with Crippen LogP contribution in [0.15, 0.2) is 30.3 Å². The van der Waals surface area contributed by atoms with Crippen LogP contribution in [0.2, 0.25) is 0 Å². The van der Waals surface area contributed by atoms with Crippen LogP contribution in [-0.4, -0.2) is 22.4 Å². The Morgan fingerprint density at radius 1 is 1.28 bits per heavy atom. The van der Waals surface area contributed by atoms with Gasteiger partial charge in [0.05, 0.1) is 0 Å². The lowest BCUT2D eigenvalue weighted by molar-refractivity contribution is -0.145. The van der Waals surface area contributed by atoms with Gasteiger partial charge in [-0.25, -0.2) is 0 Å². The highest BCUT2D eigenvalue weighted by Gasteiger charge is 2.24. The second kappa shape index (κ2) is 8.23. The van der Waals surface area contributed by atoms with Gasteiger partial charge in [-0.15, -0.1) is 17.0 Å². The first-order valence-electron chi connectivity index (χ1n) is 4.91. The predicted octanol–water partition coefficient (Wildman–Crippen LogP) is 3.05. The molecule has 1 atom stereocenters. The molecule has 0 spiro atoms. The lowest BCUT2D eigenvalue weighted by Crippen LogP contribution is -2.36. The minimum atomic E-state index is -1.61. The summed E-state index contributed by atoms with van der Waals surface area (Å²) < 4.78 is 3.17. The van der Waals surface area contributed by atoms with E-state index in [0.29, 0.717) is 6.42 Å². The van der Waals surface area contributed by atoms with Crippen LogP contribution in [0.3, 0.4) is 0 Å². The van der Waals surface area contributed by atoms with Crippen molar-refractivity contribution >= 4 is 57.8 Å². The Balaban J connectivity index is 0.00000289. The smallest absolute Gasteiger partial charge is 0.323 e. The maximum atomic E-state index is 11.5. The van der Waals surface area contributed by atoms with Crippen LogP contribution in [0, 0.1) is 0 Å². The third kappa shape index (κ3) is 7.44. The molecule has 7 heteroatoms. The van der Waals surface area contributed by atoms with E-state index in [4.69, 9.17) is 45.3 Å². The van der Waals surface area contributed by atoms with Gasteiger partial charge in [0.2, 0.25) is 3.79 Å². The normalized spacial score (nSPS) is 12.4. The van der Waals surface area contributed by atoms with E-state index < -0.39 is 15.8 Å². The molecule has 1 aromatic rings. The number of hydrogen-bond donors (Lipinski definition) is 1. The van der Waals surface area contributed by atoms with E-state index in [1.165, 1.54) is 0 Å². The molecule has 0 radical (unpaired) electrons. The first kappa shape index (κ1) is 18.0. The molecule has 0 saturated carbocycles. The Kier molecular flexibility index (Phi) is 8.23. The maximum absolute atomic E-state index is 11.5. The van der Waals surface area contributed by atoms with Crippen LogP contribution in [-0.2, 0) is 16.0 Å². The highest BCUT2D eigenvalue weighted by Crippen LogP contribution is 2.26. The molecule has 0 aliphatic heterocycles. The summed E-state index contributed by atoms with van der Waals surface area (Å²) in [7, 11) is 0. The zero-order valence-corrected chi connectivity index (χ0v) is 13.3. The molecule has 0 saturated heterocycles. The minimum Gasteiger partial charge on any atom is -0.460 e. The summed E-state index contributed by atoms with van der Waals surface area (Å²) in [5.74, 6) is -0.583. The van der Waals surface area contributed by atoms with Crippen LogP contribution in [0.1, 0.15) is 5.56 Å². The van der Waals surface area contributed by atoms with Crippen molar-refractivity contribution in [2.24, 2.45) is 5.73 Å². The number of carbonyl (C=O) groups excluding carboxylic acids is 1. The molecule has 0 bridgehead atoms. The average molecular weight is 377 g/mol. The topological polar surface area (TPSA) is 52.3 Å². The molecule has 102 valence electrons. The summed E-state index contributed by atoms with van der Waals surface area (Å²) in [6.45, 7) is -0.307. The number of alkyl halides is 3. The van der Waals surface area contributed by atoms with Crippen LogP contribution in [0.5, 0.6) is 0 Å². The molecule has 1 rings (SSSR count). The lowest BCUT2D eigenvalue weighted by Gasteiger charge is -2.14. The third-order valence-corrected chi connectivity index (χ3v) is 2.31. The van der Waals surface area contributed by atoms with Crippen LogP contribution in [0.25, 0.3) is 0 Å². The van der Waals surface area contributed by atoms with Gasteiger partial charge in [0.1, 0.15) is 12.6 Å². The Morgan fingerprint density at radius 3 is 2.33 bits per heavy atom. The zero-order chi connectivity index (χ0) is 12.9. The highest BCUT2D eigenvalue weighted by molar-refractivity contribution is 8.93. The van der Waals surface area contributed by atoms with Crippen LogP contribution in [0.4, 0.5) is 0 Å². The van der Waals surface area contributed by atoms with Crippen molar-refractivity contribution in [1.82, 2.24) is 0 Å². The number of rotatable bonds is 4. The number of nitrogens with two attached hydrogens (primary N) is 1. The van der Waals surface area contributed by atoms with E-state index in [1.54, 1.807) is 0 Å². The zero-order valence-electron chi connectivity index (χ0n) is 9.31. The second-order valence-electron chi connectivity index (χ2n) is 3.52. The van der Waals surface area contributed by atoms with Crippen molar-refractivity contribution in [2.75, 3.05) is 6.61 Å². The fourth-order valence-electron chi connectivity index (χ4n) is 1.21. The van der Waals surface area contributed by atoms with Gasteiger partial charge in [-0.3, -0.25) is 4.79 Å². The summed E-state index contributed by atoms with van der Waals surface area (Å²) in [6.07, 6.45) is 0.388. The Hall–Kier alpha value is -0.000000000000000111. The van der Waals surface area contributed by atoms with Crippen molar-refractivity contribution in [1.29, 1.82) is 0 Å². The number of halogens is 4. The fourth-order valence-corrected chi connectivity index (χ4v) is 1.38. The molecule has 0 heterocycles. The molecule has 18 heavy (non-hydrogen) atoms. The van der Waals surface area contributed by atoms with Gasteiger partial charge in [0, 0.05) is 0 Å². The third-order valence-electron chi connectivity index (χ3n) is 1.98. The monoisotopic (exact) mass is 375 g/mol. The van der Waals surface area contributed by atoms with E-state index in [9.17, 15) is 4.79 Å². The van der Waals surface area contributed by atoms with Crippen molar-refractivity contribution in [3.63, 3.8) is 0 Å². The summed E-state index contributed by atoms with van der Waals surface area (Å²) in [4.78, 5) is 11.5. The molecule has 0 aliphatic carbocycles. The van der Waals surface area contributed by atoms with Crippen molar-refractivity contribution < 1.29 is 9.53 Å². The summed E-state index contributed by atoms with van der Waals surface area (Å²) in [5.41, 5.74) is 6.62. The molecule has 1 aromatic carbocycles. The van der Waals surface area contributed by atoms with Gasteiger partial charge in [-0.2, -0.15) is 0 Å². The number of ether oxygens (including phenoxy) is 1. The van der Waals surface area contributed by atoms with E-state index in [0.717, 1.165) is 5.56 Å². The molecular weight excluding hydrogens is 364 g/mol. The maximum Gasteiger partial charge on any atom is 0.323 e. The quantitative estimate of drug-likeness (QED) is 0.648. The van der Waals surface area contributed by atoms with Crippen molar-refractivity contribution in [3.8, 4) is 0 Å². The Bertz CT molecular complexity index is 370. The number of hydrogen-bond acceptors (Lipinski definition) is 3. The summed E-state index contributed by atoms with van der Waals surface area (Å²) in [5, 5.41) is 0. The van der Waals surface area contributed by atoms with E-state index in [1.807, 2.05) is 30.3 Å². The Labute approximate surface area is 131 Å². The van der Waals surface area contributed by atoms with Gasteiger partial charge in [-0.05, 0) is 12.0 Å². The van der Waals surface area contributed by atoms with Crippen molar-refractivity contribution in [2.45, 2.75) is 16.3 Å². The van der Waals surface area contributed by atoms with Crippen LogP contribution >= 0.6 is 51.8 Å². The Morgan fingerprint density at radius 2 is 1.83 bits per heavy atom. The molecule has 2 N–H and O–H groups in total. The minimum absolute atomic E-state index is 0. The molecule has 0 aliphatic rings. The van der Waals surface area contributed by atoms with Gasteiger partial charge < -0.3 is 10.5 Å². The van der Waals surface area contributed by atoms with E-state index >= 15 is 0 Å². The first-order valence-corrected chi connectivity index (χ1v) is 6.05. The largest absolute Gasteiger partial charge is 0.460 e. The molecule has 3 nitrogen and oxygen atoms in total. The number of benzene rings is 1. The number of esters is 1. The fraction of sp³-hybridized carbons (Fsp3) is 0.364. The summed E-state index contributed by atoms with van der Waals surface area (Å²) in [6, 6.07) is 8.62. The average Bonchev–Trinajstić information content (AvgIpc) is 2.26. The molecule has 0 unspecified atom stereocenters. The lowest BCUT2D eigenvalue weighted by atomic mass is 10.1. The standard InChI is InChI=1S/C11H12Cl3NO2.BrH/c12-11(13,14)7-17-10(16)9(15)6-8-4-2-1-3-5-8;/h1-5,9H,6-7,15H2;1H/t9-;/m0./s1. The van der Waals surface area contributed by atoms with Gasteiger partial charge in [0.25, 0.3) is 0 Å². The molecule has 0 fully saturated rings. The van der Waals surface area contributed by atoms with Gasteiger partial charge in [0.15, 0.2) is 0 Å². The van der Waals surface area contributed by atoms with Crippen LogP contribution < -0.4 is 5.73 Å². The summed E-state index contributed by atoms with van der Waals surface area (Å²) >= 11 is 16.4. The first-order chi connectivity index (χ1) is 7.88. The molecular formula is C11H13BrCl3NO2.